The molecule has 0 aliphatic carbocycles. The monoisotopic (exact) mass is 710 g/mol. The molecule has 18 heteroatoms. The molecule has 0 saturated carbocycles. The van der Waals surface area contributed by atoms with Crippen LogP contribution in [0.1, 0.15) is 6.92 Å². The fourth-order valence-corrected chi connectivity index (χ4v) is 7.42. The van der Waals surface area contributed by atoms with E-state index >= 15 is 0 Å². The Hall–Kier alpha value is -5.88. The summed E-state index contributed by atoms with van der Waals surface area (Å²) in [4.78, 5) is 47.2. The van der Waals surface area contributed by atoms with E-state index in [0.29, 0.717) is 0 Å². The summed E-state index contributed by atoms with van der Waals surface area (Å²) in [5, 5.41) is 27.8. The molecule has 4 aromatic carbocycles. The molecule has 0 radical (unpaired) electrons. The van der Waals surface area contributed by atoms with E-state index in [0.717, 1.165) is 20.7 Å². The Morgan fingerprint density at radius 1 is 0.653 bits per heavy atom. The zero-order valence-electron chi connectivity index (χ0n) is 25.8. The molecule has 1 atom stereocenters. The minimum absolute atomic E-state index is 0.129. The van der Waals surface area contributed by atoms with Crippen LogP contribution in [0.5, 0.6) is 0 Å². The summed E-state index contributed by atoms with van der Waals surface area (Å²) in [5.41, 5.74) is -1.04. The molecular weight excluding hydrogens is 681 g/mol. The first-order chi connectivity index (χ1) is 23.2. The van der Waals surface area contributed by atoms with Crippen molar-refractivity contribution in [2.45, 2.75) is 22.8 Å². The first-order valence-corrected chi connectivity index (χ1v) is 17.3. The number of nitrogens with one attached hydrogen (secondary N) is 2. The average molecular weight is 711 g/mol. The second-order valence-electron chi connectivity index (χ2n) is 10.5. The molecule has 0 aromatic heterocycles. The normalized spacial score (nSPS) is 11.9. The highest BCUT2D eigenvalue weighted by molar-refractivity contribution is 7.93. The van der Waals surface area contributed by atoms with Gasteiger partial charge in [0.2, 0.25) is 11.8 Å². The van der Waals surface area contributed by atoms with Crippen molar-refractivity contribution < 1.29 is 36.3 Å². The number of hydrogen-bond donors (Lipinski definition) is 2. The summed E-state index contributed by atoms with van der Waals surface area (Å²) in [5.74, 6) is -1.62. The summed E-state index contributed by atoms with van der Waals surface area (Å²) < 4.78 is 55.6. The maximum absolute atomic E-state index is 13.5. The first-order valence-electron chi connectivity index (χ1n) is 14.4. The van der Waals surface area contributed by atoms with Crippen LogP contribution in [0.25, 0.3) is 0 Å². The quantitative estimate of drug-likeness (QED) is 0.136. The fourth-order valence-electron chi connectivity index (χ4n) is 4.55. The molecule has 0 bridgehead atoms. The molecule has 4 aromatic rings. The van der Waals surface area contributed by atoms with Gasteiger partial charge in [-0.15, -0.1) is 0 Å². The number of rotatable bonds is 15. The van der Waals surface area contributed by atoms with Gasteiger partial charge in [0.15, 0.2) is 0 Å². The SMILES string of the molecule is CC(CNC(=O)CN(c1cccc([N+](=O)[O-])c1)S(=O)(=O)c1ccccc1)NC(=O)CN(c1cccc([N+](=O)[O-])c1)S(=O)(=O)c1ccccc1. The zero-order valence-corrected chi connectivity index (χ0v) is 27.4. The van der Waals surface area contributed by atoms with Crippen LogP contribution >= 0.6 is 0 Å². The highest BCUT2D eigenvalue weighted by Crippen LogP contribution is 2.28. The van der Waals surface area contributed by atoms with Crippen molar-refractivity contribution in [2.24, 2.45) is 0 Å². The molecule has 0 fully saturated rings. The maximum Gasteiger partial charge on any atom is 0.271 e. The Kier molecular flexibility index (Phi) is 11.3. The van der Waals surface area contributed by atoms with Crippen LogP contribution in [-0.4, -0.2) is 64.2 Å². The standard InChI is InChI=1S/C31H30N6O10S2/c1-23(33-31(39)22-35(25-11-9-13-27(19-25)37(42)43)49(46,47)29-16-6-3-7-17-29)20-32-30(38)21-34(24-10-8-12-26(18-24)36(40)41)48(44,45)28-14-4-2-5-15-28/h2-19,23H,20-22H2,1H3,(H,32,38)(H,33,39). The minimum Gasteiger partial charge on any atom is -0.352 e. The van der Waals surface area contributed by atoms with E-state index in [1.54, 1.807) is 12.1 Å². The molecule has 2 N–H and O–H groups in total. The molecule has 4 rings (SSSR count). The van der Waals surface area contributed by atoms with Gasteiger partial charge < -0.3 is 10.6 Å². The lowest BCUT2D eigenvalue weighted by atomic mass is 10.2. The van der Waals surface area contributed by atoms with Crippen molar-refractivity contribution in [3.8, 4) is 0 Å². The number of nitrogens with zero attached hydrogens (tertiary/aromatic N) is 4. The Bertz CT molecular complexity index is 2060. The summed E-state index contributed by atoms with van der Waals surface area (Å²) >= 11 is 0. The number of non-ortho nitro benzene ring substituents is 2. The minimum atomic E-state index is -4.36. The van der Waals surface area contributed by atoms with Gasteiger partial charge in [-0.2, -0.15) is 0 Å². The predicted octanol–water partition coefficient (Wildman–Crippen LogP) is 3.21. The molecule has 1 unspecified atom stereocenters. The molecule has 0 aliphatic rings. The van der Waals surface area contributed by atoms with E-state index in [-0.39, 0.29) is 27.7 Å². The van der Waals surface area contributed by atoms with Crippen LogP contribution in [-0.2, 0) is 29.6 Å². The van der Waals surface area contributed by atoms with Gasteiger partial charge in [0.1, 0.15) is 13.1 Å². The Morgan fingerprint density at radius 2 is 1.06 bits per heavy atom. The molecule has 0 spiro atoms. The Morgan fingerprint density at radius 3 is 1.47 bits per heavy atom. The third-order valence-corrected chi connectivity index (χ3v) is 10.5. The molecule has 16 nitrogen and oxygen atoms in total. The van der Waals surface area contributed by atoms with Gasteiger partial charge in [0, 0.05) is 36.9 Å². The van der Waals surface area contributed by atoms with Gasteiger partial charge >= 0.3 is 0 Å². The van der Waals surface area contributed by atoms with Gasteiger partial charge in [-0.25, -0.2) is 16.8 Å². The Labute approximate surface area is 281 Å². The second kappa shape index (κ2) is 15.3. The molecule has 256 valence electrons. The maximum atomic E-state index is 13.5. The number of hydrogen-bond acceptors (Lipinski definition) is 10. The van der Waals surface area contributed by atoms with Crippen molar-refractivity contribution in [3.05, 3.63) is 129 Å². The second-order valence-corrected chi connectivity index (χ2v) is 14.2. The van der Waals surface area contributed by atoms with Crippen molar-refractivity contribution in [2.75, 3.05) is 28.2 Å². The molecule has 49 heavy (non-hydrogen) atoms. The number of carbonyl (C=O) groups excluding carboxylic acids is 2. The van der Waals surface area contributed by atoms with Crippen molar-refractivity contribution in [1.82, 2.24) is 10.6 Å². The third-order valence-electron chi connectivity index (χ3n) is 6.91. The number of anilines is 2. The number of amides is 2. The van der Waals surface area contributed by atoms with E-state index in [4.69, 9.17) is 0 Å². The summed E-state index contributed by atoms with van der Waals surface area (Å²) in [6.45, 7) is -0.261. The van der Waals surface area contributed by atoms with Crippen LogP contribution in [0.2, 0.25) is 0 Å². The van der Waals surface area contributed by atoms with Crippen molar-refractivity contribution >= 4 is 54.6 Å². The Balaban J connectivity index is 1.48. The van der Waals surface area contributed by atoms with Gasteiger partial charge in [0.25, 0.3) is 31.4 Å². The van der Waals surface area contributed by atoms with Gasteiger partial charge in [-0.3, -0.25) is 38.4 Å². The van der Waals surface area contributed by atoms with Gasteiger partial charge in [-0.05, 0) is 43.3 Å². The molecule has 2 amide bonds. The number of nitro groups is 2. The van der Waals surface area contributed by atoms with Crippen LogP contribution in [0.4, 0.5) is 22.7 Å². The molecular formula is C31H30N6O10S2. The van der Waals surface area contributed by atoms with E-state index < -0.39 is 72.2 Å². The number of carbonyl (C=O) groups is 2. The lowest BCUT2D eigenvalue weighted by Gasteiger charge is -2.25. The smallest absolute Gasteiger partial charge is 0.271 e. The van der Waals surface area contributed by atoms with E-state index in [1.807, 2.05) is 0 Å². The largest absolute Gasteiger partial charge is 0.352 e. The average Bonchev–Trinajstić information content (AvgIpc) is 3.09. The van der Waals surface area contributed by atoms with E-state index in [2.05, 4.69) is 10.6 Å². The van der Waals surface area contributed by atoms with Crippen molar-refractivity contribution in [3.63, 3.8) is 0 Å². The van der Waals surface area contributed by atoms with E-state index in [9.17, 15) is 46.7 Å². The van der Waals surface area contributed by atoms with Crippen molar-refractivity contribution in [1.29, 1.82) is 0 Å². The number of sulfonamides is 2. The molecule has 0 heterocycles. The zero-order chi connectivity index (χ0) is 35.8. The predicted molar refractivity (Wildman–Crippen MR) is 179 cm³/mol. The van der Waals surface area contributed by atoms with Gasteiger partial charge in [0.05, 0.1) is 31.0 Å². The lowest BCUT2D eigenvalue weighted by molar-refractivity contribution is -0.385. The lowest BCUT2D eigenvalue weighted by Crippen LogP contribution is -2.48. The molecule has 0 aliphatic heterocycles. The fraction of sp³-hybridized carbons (Fsp3) is 0.161. The van der Waals surface area contributed by atoms with Crippen LogP contribution in [0.3, 0.4) is 0 Å². The van der Waals surface area contributed by atoms with Crippen LogP contribution in [0, 0.1) is 20.2 Å². The first kappa shape index (κ1) is 36.0. The van der Waals surface area contributed by atoms with E-state index in [1.165, 1.54) is 91.9 Å². The summed E-state index contributed by atoms with van der Waals surface area (Å²) in [7, 11) is -8.72. The molecule has 0 saturated heterocycles. The number of nitro benzene ring substituents is 2. The summed E-state index contributed by atoms with van der Waals surface area (Å²) in [6.07, 6.45) is 0. The van der Waals surface area contributed by atoms with Crippen LogP contribution in [0.15, 0.2) is 119 Å². The topological polar surface area (TPSA) is 219 Å². The summed E-state index contributed by atoms with van der Waals surface area (Å²) in [6, 6.07) is 23.1. The van der Waals surface area contributed by atoms with Gasteiger partial charge in [-0.1, -0.05) is 48.5 Å². The highest BCUT2D eigenvalue weighted by Gasteiger charge is 2.30. The number of benzene rings is 4. The third kappa shape index (κ3) is 8.93. The van der Waals surface area contributed by atoms with Crippen LogP contribution < -0.4 is 19.2 Å². The highest BCUT2D eigenvalue weighted by atomic mass is 32.2.